The summed E-state index contributed by atoms with van der Waals surface area (Å²) in [7, 11) is 0. The van der Waals surface area contributed by atoms with Crippen LogP contribution in [0.3, 0.4) is 0 Å². The van der Waals surface area contributed by atoms with Gasteiger partial charge in [0.15, 0.2) is 0 Å². The molecule has 1 heterocycles. The third-order valence-corrected chi connectivity index (χ3v) is 6.57. The maximum absolute atomic E-state index is 13.2. The molecular weight excluding hydrogens is 378 g/mol. The minimum atomic E-state index is -1.03. The van der Waals surface area contributed by atoms with E-state index in [2.05, 4.69) is 10.6 Å². The van der Waals surface area contributed by atoms with E-state index in [1.807, 2.05) is 55.5 Å². The van der Waals surface area contributed by atoms with Crippen LogP contribution in [0, 0.1) is 12.8 Å². The number of hydrogen-bond acceptors (Lipinski definition) is 3. The van der Waals surface area contributed by atoms with E-state index < -0.39 is 11.6 Å². The summed E-state index contributed by atoms with van der Waals surface area (Å²) >= 11 is 0. The van der Waals surface area contributed by atoms with Gasteiger partial charge in [0.05, 0.1) is 6.04 Å². The summed E-state index contributed by atoms with van der Waals surface area (Å²) in [5.74, 6) is -0.224. The fourth-order valence-corrected chi connectivity index (χ4v) is 4.77. The highest BCUT2D eigenvalue weighted by molar-refractivity contribution is 6.09. The van der Waals surface area contributed by atoms with E-state index in [0.29, 0.717) is 12.3 Å². The molecule has 2 fully saturated rings. The van der Waals surface area contributed by atoms with Crippen LogP contribution in [0.4, 0.5) is 4.79 Å². The summed E-state index contributed by atoms with van der Waals surface area (Å²) in [5, 5.41) is 5.94. The lowest BCUT2D eigenvalue weighted by Gasteiger charge is -2.23. The lowest BCUT2D eigenvalue weighted by atomic mass is 9.92. The molecule has 2 N–H and O–H groups in total. The first-order valence-electron chi connectivity index (χ1n) is 10.6. The summed E-state index contributed by atoms with van der Waals surface area (Å²) in [5.41, 5.74) is 3.13. The van der Waals surface area contributed by atoms with Crippen LogP contribution in [0.2, 0.25) is 0 Å². The molecule has 6 nitrogen and oxygen atoms in total. The first-order chi connectivity index (χ1) is 14.5. The first kappa shape index (κ1) is 18.9. The number of nitrogens with zero attached hydrogens (tertiary/aromatic N) is 1. The van der Waals surface area contributed by atoms with Gasteiger partial charge in [-0.2, -0.15) is 0 Å². The van der Waals surface area contributed by atoms with Gasteiger partial charge >= 0.3 is 6.03 Å². The molecule has 4 amide bonds. The van der Waals surface area contributed by atoms with Crippen molar-refractivity contribution in [3.05, 3.63) is 70.8 Å². The minimum Gasteiger partial charge on any atom is -0.347 e. The highest BCUT2D eigenvalue weighted by Gasteiger charge is 2.55. The highest BCUT2D eigenvalue weighted by Crippen LogP contribution is 2.42. The number of aryl methyl sites for hydroxylation is 2. The quantitative estimate of drug-likeness (QED) is 0.754. The normalized spacial score (nSPS) is 23.4. The summed E-state index contributed by atoms with van der Waals surface area (Å²) in [4.78, 5) is 39.8. The van der Waals surface area contributed by atoms with Gasteiger partial charge in [-0.1, -0.05) is 54.1 Å². The number of urea groups is 1. The van der Waals surface area contributed by atoms with Gasteiger partial charge in [-0.15, -0.1) is 0 Å². The Labute approximate surface area is 175 Å². The molecule has 0 radical (unpaired) electrons. The van der Waals surface area contributed by atoms with E-state index in [9.17, 15) is 14.4 Å². The Hall–Kier alpha value is -3.15. The lowest BCUT2D eigenvalue weighted by molar-refractivity contribution is -0.135. The summed E-state index contributed by atoms with van der Waals surface area (Å²) in [6.07, 6.45) is 3.41. The zero-order chi connectivity index (χ0) is 20.9. The van der Waals surface area contributed by atoms with Crippen molar-refractivity contribution in [3.8, 4) is 0 Å². The Morgan fingerprint density at radius 1 is 1.17 bits per heavy atom. The number of nitrogens with one attached hydrogen (secondary N) is 2. The molecule has 6 heteroatoms. The lowest BCUT2D eigenvalue weighted by Crippen LogP contribution is -2.44. The standard InChI is InChI=1S/C24H25N3O3/c1-15-6-8-17(9-7-15)21(18-10-11-18)25-20(28)14-27-22(29)24(26-23(27)30)13-12-16-4-2-3-5-19(16)24/h2-9,18,21H,10-14H2,1H3,(H,25,28)(H,26,30). The number of benzene rings is 2. The van der Waals surface area contributed by atoms with Crippen molar-refractivity contribution in [2.24, 2.45) is 5.92 Å². The predicted octanol–water partition coefficient (Wildman–Crippen LogP) is 2.96. The van der Waals surface area contributed by atoms with Gasteiger partial charge in [-0.3, -0.25) is 14.5 Å². The van der Waals surface area contributed by atoms with Gasteiger partial charge in [-0.25, -0.2) is 4.79 Å². The molecule has 154 valence electrons. The Bertz CT molecular complexity index is 1030. The zero-order valence-electron chi connectivity index (χ0n) is 17.0. The Balaban J connectivity index is 1.32. The molecule has 2 aromatic rings. The maximum atomic E-state index is 13.2. The van der Waals surface area contributed by atoms with Crippen molar-refractivity contribution in [2.75, 3.05) is 6.54 Å². The van der Waals surface area contributed by atoms with Gasteiger partial charge in [0, 0.05) is 0 Å². The van der Waals surface area contributed by atoms with Gasteiger partial charge in [-0.05, 0) is 55.2 Å². The number of amides is 4. The molecule has 2 atom stereocenters. The molecule has 0 bridgehead atoms. The van der Waals surface area contributed by atoms with Crippen molar-refractivity contribution in [1.82, 2.24) is 15.5 Å². The van der Waals surface area contributed by atoms with Gasteiger partial charge in [0.2, 0.25) is 5.91 Å². The molecule has 1 saturated heterocycles. The minimum absolute atomic E-state index is 0.0833. The van der Waals surface area contributed by atoms with Crippen molar-refractivity contribution in [1.29, 1.82) is 0 Å². The third kappa shape index (κ3) is 3.07. The maximum Gasteiger partial charge on any atom is 0.325 e. The molecule has 2 unspecified atom stereocenters. The largest absolute Gasteiger partial charge is 0.347 e. The topological polar surface area (TPSA) is 78.5 Å². The Kier molecular flexibility index (Phi) is 4.38. The van der Waals surface area contributed by atoms with Crippen molar-refractivity contribution in [2.45, 2.75) is 44.2 Å². The number of carbonyl (C=O) groups is 3. The molecule has 0 aromatic heterocycles. The Morgan fingerprint density at radius 2 is 1.90 bits per heavy atom. The van der Waals surface area contributed by atoms with Crippen molar-refractivity contribution < 1.29 is 14.4 Å². The summed E-state index contributed by atoms with van der Waals surface area (Å²) < 4.78 is 0. The van der Waals surface area contributed by atoms with E-state index in [1.165, 1.54) is 5.56 Å². The molecule has 3 aliphatic rings. The van der Waals surface area contributed by atoms with Crippen LogP contribution in [0.5, 0.6) is 0 Å². The summed E-state index contributed by atoms with van der Waals surface area (Å²) in [6.45, 7) is 1.77. The Morgan fingerprint density at radius 3 is 2.63 bits per heavy atom. The summed E-state index contributed by atoms with van der Waals surface area (Å²) in [6, 6.07) is 15.3. The van der Waals surface area contributed by atoms with Crippen LogP contribution in [0.25, 0.3) is 0 Å². The average Bonchev–Trinajstić information content (AvgIpc) is 3.48. The van der Waals surface area contributed by atoms with Gasteiger partial charge in [0.25, 0.3) is 5.91 Å². The smallest absolute Gasteiger partial charge is 0.325 e. The zero-order valence-corrected chi connectivity index (χ0v) is 17.0. The molecule has 2 aliphatic carbocycles. The molecule has 30 heavy (non-hydrogen) atoms. The second-order valence-corrected chi connectivity index (χ2v) is 8.68. The third-order valence-electron chi connectivity index (χ3n) is 6.57. The van der Waals surface area contributed by atoms with E-state index in [4.69, 9.17) is 0 Å². The van der Waals surface area contributed by atoms with E-state index in [1.54, 1.807) is 0 Å². The predicted molar refractivity (Wildman–Crippen MR) is 111 cm³/mol. The number of carbonyl (C=O) groups excluding carboxylic acids is 3. The van der Waals surface area contributed by atoms with Crippen LogP contribution in [0.15, 0.2) is 48.5 Å². The van der Waals surface area contributed by atoms with E-state index in [0.717, 1.165) is 40.9 Å². The van der Waals surface area contributed by atoms with Crippen LogP contribution >= 0.6 is 0 Å². The van der Waals surface area contributed by atoms with Crippen molar-refractivity contribution >= 4 is 17.8 Å². The number of rotatable bonds is 5. The monoisotopic (exact) mass is 403 g/mol. The first-order valence-corrected chi connectivity index (χ1v) is 10.6. The number of imide groups is 1. The fourth-order valence-electron chi connectivity index (χ4n) is 4.77. The highest BCUT2D eigenvalue weighted by atomic mass is 16.2. The van der Waals surface area contributed by atoms with Gasteiger partial charge in [0.1, 0.15) is 12.1 Å². The second-order valence-electron chi connectivity index (χ2n) is 8.68. The van der Waals surface area contributed by atoms with Crippen molar-refractivity contribution in [3.63, 3.8) is 0 Å². The fraction of sp³-hybridized carbons (Fsp3) is 0.375. The van der Waals surface area contributed by atoms with Crippen LogP contribution in [-0.4, -0.2) is 29.3 Å². The molecule has 2 aromatic carbocycles. The number of fused-ring (bicyclic) bond motifs is 2. The molecular formula is C24H25N3O3. The van der Waals surface area contributed by atoms with Crippen LogP contribution in [0.1, 0.15) is 47.6 Å². The molecule has 1 spiro atoms. The van der Waals surface area contributed by atoms with Crippen LogP contribution < -0.4 is 10.6 Å². The average molecular weight is 403 g/mol. The van der Waals surface area contributed by atoms with E-state index >= 15 is 0 Å². The molecule has 5 rings (SSSR count). The molecule has 1 saturated carbocycles. The number of hydrogen-bond donors (Lipinski definition) is 2. The second kappa shape index (κ2) is 6.97. The SMILES string of the molecule is Cc1ccc(C(NC(=O)CN2C(=O)NC3(CCc4ccccc43)C2=O)C2CC2)cc1. The molecule has 1 aliphatic heterocycles. The van der Waals surface area contributed by atoms with Crippen LogP contribution in [-0.2, 0) is 21.5 Å². The van der Waals surface area contributed by atoms with Gasteiger partial charge < -0.3 is 10.6 Å². The van der Waals surface area contributed by atoms with E-state index in [-0.39, 0.29) is 24.4 Å².